The number of halogens is 3. The summed E-state index contributed by atoms with van der Waals surface area (Å²) in [6.45, 7) is 2.16. The average Bonchev–Trinajstić information content (AvgIpc) is 2.50. The molecule has 0 nitrogen and oxygen atoms in total. The van der Waals surface area contributed by atoms with Crippen molar-refractivity contribution in [3.05, 3.63) is 70.8 Å². The van der Waals surface area contributed by atoms with E-state index in [9.17, 15) is 8.78 Å². The maximum absolute atomic E-state index is 13.6. The molecule has 112 valence electrons. The van der Waals surface area contributed by atoms with Crippen LogP contribution in [0.5, 0.6) is 0 Å². The lowest BCUT2D eigenvalue weighted by Crippen LogP contribution is -2.00. The van der Waals surface area contributed by atoms with Crippen LogP contribution in [0.25, 0.3) is 0 Å². The Bertz CT molecular complexity index is 578. The maximum atomic E-state index is 13.6. The van der Waals surface area contributed by atoms with Crippen LogP contribution in [0.2, 0.25) is 0 Å². The fraction of sp³-hybridized carbons (Fsp3) is 0.333. The molecule has 21 heavy (non-hydrogen) atoms. The maximum Gasteiger partial charge on any atom is 0.162 e. The zero-order valence-electron chi connectivity index (χ0n) is 12.1. The lowest BCUT2D eigenvalue weighted by Gasteiger charge is -2.12. The van der Waals surface area contributed by atoms with Gasteiger partial charge >= 0.3 is 0 Å². The second-order valence-electron chi connectivity index (χ2n) is 5.23. The summed E-state index contributed by atoms with van der Waals surface area (Å²) in [7, 11) is 0. The molecule has 2 aromatic carbocycles. The lowest BCUT2D eigenvalue weighted by molar-refractivity contribution is 0.498. The van der Waals surface area contributed by atoms with Crippen LogP contribution in [-0.2, 0) is 12.8 Å². The van der Waals surface area contributed by atoms with E-state index in [-0.39, 0.29) is 11.8 Å². The average molecular weight is 309 g/mol. The third kappa shape index (κ3) is 4.28. The second kappa shape index (κ2) is 7.56. The minimum absolute atomic E-state index is 0.277. The largest absolute Gasteiger partial charge is 0.204 e. The van der Waals surface area contributed by atoms with Crippen LogP contribution in [-0.4, -0.2) is 0 Å². The van der Waals surface area contributed by atoms with Crippen LogP contribution in [0.3, 0.4) is 0 Å². The second-order valence-corrected chi connectivity index (χ2v) is 5.76. The molecule has 0 heterocycles. The molecule has 0 bridgehead atoms. The highest BCUT2D eigenvalue weighted by atomic mass is 35.5. The number of hydrogen-bond donors (Lipinski definition) is 0. The van der Waals surface area contributed by atoms with Gasteiger partial charge in [0.1, 0.15) is 0 Å². The minimum Gasteiger partial charge on any atom is -0.204 e. The van der Waals surface area contributed by atoms with E-state index >= 15 is 0 Å². The summed E-state index contributed by atoms with van der Waals surface area (Å²) in [4.78, 5) is 0. The first kappa shape index (κ1) is 16.0. The van der Waals surface area contributed by atoms with Crippen LogP contribution in [0.1, 0.15) is 41.8 Å². The Hall–Kier alpha value is -1.41. The zero-order chi connectivity index (χ0) is 15.2. The summed E-state index contributed by atoms with van der Waals surface area (Å²) in [5.41, 5.74) is 2.52. The summed E-state index contributed by atoms with van der Waals surface area (Å²) in [5.74, 6) is -1.63. The highest BCUT2D eigenvalue weighted by molar-refractivity contribution is 6.20. The van der Waals surface area contributed by atoms with Crippen LogP contribution >= 0.6 is 11.6 Å². The number of aryl methyl sites for hydroxylation is 1. The van der Waals surface area contributed by atoms with E-state index in [2.05, 4.69) is 19.1 Å². The van der Waals surface area contributed by atoms with E-state index < -0.39 is 11.6 Å². The van der Waals surface area contributed by atoms with Gasteiger partial charge in [-0.3, -0.25) is 0 Å². The molecule has 0 radical (unpaired) electrons. The molecular formula is C18H19ClF2. The number of hydrogen-bond acceptors (Lipinski definition) is 0. The third-order valence-electron chi connectivity index (χ3n) is 3.59. The third-order valence-corrected chi connectivity index (χ3v) is 4.00. The Morgan fingerprint density at radius 2 is 1.76 bits per heavy atom. The van der Waals surface area contributed by atoms with Gasteiger partial charge in [-0.05, 0) is 42.0 Å². The van der Waals surface area contributed by atoms with Crippen LogP contribution in [0.15, 0.2) is 42.5 Å². The van der Waals surface area contributed by atoms with Crippen molar-refractivity contribution in [1.29, 1.82) is 0 Å². The predicted molar refractivity (Wildman–Crippen MR) is 83.7 cm³/mol. The summed E-state index contributed by atoms with van der Waals surface area (Å²) < 4.78 is 26.8. The summed E-state index contributed by atoms with van der Waals surface area (Å²) in [6.07, 6.45) is 3.67. The Labute approximate surface area is 129 Å². The summed E-state index contributed by atoms with van der Waals surface area (Å²) in [6, 6.07) is 12.3. The Balaban J connectivity index is 2.06. The van der Waals surface area contributed by atoms with Crippen LogP contribution in [0, 0.1) is 11.6 Å². The molecule has 1 unspecified atom stereocenters. The molecule has 0 aliphatic rings. The number of benzene rings is 2. The van der Waals surface area contributed by atoms with Crippen molar-refractivity contribution in [2.45, 2.75) is 38.0 Å². The predicted octanol–water partition coefficient (Wildman–Crippen LogP) is 5.83. The smallest absolute Gasteiger partial charge is 0.162 e. The number of unbranched alkanes of at least 4 members (excludes halogenated alkanes) is 1. The van der Waals surface area contributed by atoms with Crippen molar-refractivity contribution in [1.82, 2.24) is 0 Å². The summed E-state index contributed by atoms with van der Waals surface area (Å²) >= 11 is 6.33. The Morgan fingerprint density at radius 1 is 1.05 bits per heavy atom. The molecule has 0 spiro atoms. The topological polar surface area (TPSA) is 0 Å². The van der Waals surface area contributed by atoms with Crippen molar-refractivity contribution in [2.24, 2.45) is 0 Å². The van der Waals surface area contributed by atoms with Crippen molar-refractivity contribution in [3.63, 3.8) is 0 Å². The van der Waals surface area contributed by atoms with E-state index in [0.29, 0.717) is 5.56 Å². The van der Waals surface area contributed by atoms with E-state index in [0.717, 1.165) is 24.5 Å². The molecule has 0 amide bonds. The van der Waals surface area contributed by atoms with Gasteiger partial charge in [-0.2, -0.15) is 0 Å². The van der Waals surface area contributed by atoms with Gasteiger partial charge in [-0.15, -0.1) is 11.6 Å². The minimum atomic E-state index is -0.828. The van der Waals surface area contributed by atoms with Crippen molar-refractivity contribution in [2.75, 3.05) is 0 Å². The normalized spacial score (nSPS) is 12.4. The SMILES string of the molecule is CCCCc1ccc(C(Cl)Cc2cccc(F)c2F)cc1. The van der Waals surface area contributed by atoms with Crippen LogP contribution in [0.4, 0.5) is 8.78 Å². The molecule has 0 N–H and O–H groups in total. The van der Waals surface area contributed by atoms with Crippen LogP contribution < -0.4 is 0 Å². The van der Waals surface area contributed by atoms with Gasteiger partial charge in [-0.25, -0.2) is 8.78 Å². The molecule has 0 saturated heterocycles. The standard InChI is InChI=1S/C18H19ClF2/c1-2-3-5-13-8-10-14(11-9-13)16(19)12-15-6-4-7-17(20)18(15)21/h4,6-11,16H,2-3,5,12H2,1H3. The van der Waals surface area contributed by atoms with Crippen molar-refractivity contribution in [3.8, 4) is 0 Å². The number of alkyl halides is 1. The first-order valence-electron chi connectivity index (χ1n) is 7.27. The van der Waals surface area contributed by atoms with E-state index in [1.807, 2.05) is 12.1 Å². The zero-order valence-corrected chi connectivity index (χ0v) is 12.8. The lowest BCUT2D eigenvalue weighted by atomic mass is 10.0. The molecule has 3 heteroatoms. The number of rotatable bonds is 6. The van der Waals surface area contributed by atoms with E-state index in [4.69, 9.17) is 11.6 Å². The van der Waals surface area contributed by atoms with Gasteiger partial charge in [0, 0.05) is 0 Å². The fourth-order valence-electron chi connectivity index (χ4n) is 2.29. The van der Waals surface area contributed by atoms with Gasteiger partial charge < -0.3 is 0 Å². The molecule has 0 aliphatic heterocycles. The van der Waals surface area contributed by atoms with Gasteiger partial charge in [0.25, 0.3) is 0 Å². The van der Waals surface area contributed by atoms with E-state index in [1.165, 1.54) is 18.1 Å². The highest BCUT2D eigenvalue weighted by Crippen LogP contribution is 2.27. The quantitative estimate of drug-likeness (QED) is 0.589. The molecular weight excluding hydrogens is 290 g/mol. The van der Waals surface area contributed by atoms with Gasteiger partial charge in [0.2, 0.25) is 0 Å². The summed E-state index contributed by atoms with van der Waals surface area (Å²) in [5, 5.41) is -0.360. The fourth-order valence-corrected chi connectivity index (χ4v) is 2.60. The van der Waals surface area contributed by atoms with E-state index in [1.54, 1.807) is 6.07 Å². The molecule has 2 aromatic rings. The molecule has 0 saturated carbocycles. The molecule has 0 aliphatic carbocycles. The first-order valence-corrected chi connectivity index (χ1v) is 7.71. The van der Waals surface area contributed by atoms with Crippen molar-refractivity contribution >= 4 is 11.6 Å². The Kier molecular flexibility index (Phi) is 5.75. The molecule has 1 atom stereocenters. The van der Waals surface area contributed by atoms with Crippen molar-refractivity contribution < 1.29 is 8.78 Å². The molecule has 0 fully saturated rings. The monoisotopic (exact) mass is 308 g/mol. The molecule has 0 aromatic heterocycles. The highest BCUT2D eigenvalue weighted by Gasteiger charge is 2.14. The van der Waals surface area contributed by atoms with Gasteiger partial charge in [0.05, 0.1) is 5.38 Å². The van der Waals surface area contributed by atoms with Gasteiger partial charge in [-0.1, -0.05) is 49.7 Å². The molecule has 2 rings (SSSR count). The first-order chi connectivity index (χ1) is 10.1. The Morgan fingerprint density at radius 3 is 2.43 bits per heavy atom. The van der Waals surface area contributed by atoms with Gasteiger partial charge in [0.15, 0.2) is 11.6 Å².